The van der Waals surface area contributed by atoms with Gasteiger partial charge in [0.25, 0.3) is 5.91 Å². The second-order valence-electron chi connectivity index (χ2n) is 5.32. The number of benzene rings is 2. The van der Waals surface area contributed by atoms with Gasteiger partial charge in [-0.2, -0.15) is 0 Å². The van der Waals surface area contributed by atoms with Crippen LogP contribution in [0.15, 0.2) is 59.1 Å². The van der Waals surface area contributed by atoms with E-state index in [2.05, 4.69) is 10.5 Å². The molecule has 25 heavy (non-hydrogen) atoms. The van der Waals surface area contributed by atoms with Crippen molar-refractivity contribution < 1.29 is 18.8 Å². The van der Waals surface area contributed by atoms with Crippen LogP contribution in [0.1, 0.15) is 16.1 Å². The lowest BCUT2D eigenvalue weighted by atomic mass is 10.1. The van der Waals surface area contributed by atoms with Crippen LogP contribution in [0.2, 0.25) is 0 Å². The van der Waals surface area contributed by atoms with E-state index < -0.39 is 0 Å². The summed E-state index contributed by atoms with van der Waals surface area (Å²) in [5.74, 6) is 1.77. The number of carbonyl (C=O) groups excluding carboxylic acids is 1. The van der Waals surface area contributed by atoms with E-state index >= 15 is 0 Å². The average Bonchev–Trinajstić information content (AvgIpc) is 3.15. The Kier molecular flexibility index (Phi) is 4.99. The summed E-state index contributed by atoms with van der Waals surface area (Å²) in [6.07, 6.45) is 0. The van der Waals surface area contributed by atoms with Gasteiger partial charge in [0, 0.05) is 17.2 Å². The molecule has 1 aromatic heterocycles. The molecule has 6 heteroatoms. The summed E-state index contributed by atoms with van der Waals surface area (Å²) in [5.41, 5.74) is 2.14. The normalized spacial score (nSPS) is 10.3. The van der Waals surface area contributed by atoms with E-state index in [4.69, 9.17) is 14.0 Å². The summed E-state index contributed by atoms with van der Waals surface area (Å²) in [4.78, 5) is 12.2. The Morgan fingerprint density at radius 1 is 1.04 bits per heavy atom. The zero-order valence-corrected chi connectivity index (χ0v) is 14.0. The Morgan fingerprint density at radius 2 is 1.80 bits per heavy atom. The Labute approximate surface area is 145 Å². The highest BCUT2D eigenvalue weighted by molar-refractivity contribution is 5.94. The number of nitrogens with one attached hydrogen (secondary N) is 1. The minimum Gasteiger partial charge on any atom is -0.497 e. The number of aromatic nitrogens is 1. The first-order valence-electron chi connectivity index (χ1n) is 7.72. The number of ether oxygens (including phenoxy) is 2. The Bertz CT molecular complexity index is 856. The first-order chi connectivity index (χ1) is 12.2. The van der Waals surface area contributed by atoms with Crippen molar-refractivity contribution in [2.45, 2.75) is 6.54 Å². The van der Waals surface area contributed by atoms with Crippen molar-refractivity contribution in [2.24, 2.45) is 0 Å². The minimum absolute atomic E-state index is 0.207. The molecule has 1 N–H and O–H groups in total. The standard InChI is InChI=1S/C19H18N2O4/c1-23-15-8-6-13(7-9-15)18-11-17(25-21-18)12-20-19(22)14-4-3-5-16(10-14)24-2/h3-11H,12H2,1-2H3,(H,20,22). The molecule has 128 valence electrons. The third-order valence-electron chi connectivity index (χ3n) is 3.70. The third-order valence-corrected chi connectivity index (χ3v) is 3.70. The summed E-state index contributed by atoms with van der Waals surface area (Å²) in [5, 5.41) is 6.83. The predicted octanol–water partition coefficient (Wildman–Crippen LogP) is 3.29. The highest BCUT2D eigenvalue weighted by atomic mass is 16.5. The molecule has 3 aromatic rings. The molecule has 0 aliphatic carbocycles. The number of nitrogens with zero attached hydrogens (tertiary/aromatic N) is 1. The van der Waals surface area contributed by atoms with E-state index in [1.54, 1.807) is 44.6 Å². The van der Waals surface area contributed by atoms with Crippen molar-refractivity contribution in [2.75, 3.05) is 14.2 Å². The molecule has 6 nitrogen and oxygen atoms in total. The van der Waals surface area contributed by atoms with Crippen molar-refractivity contribution in [3.8, 4) is 22.8 Å². The van der Waals surface area contributed by atoms with Gasteiger partial charge >= 0.3 is 0 Å². The smallest absolute Gasteiger partial charge is 0.251 e. The molecule has 0 fully saturated rings. The zero-order chi connectivity index (χ0) is 17.6. The molecule has 0 spiro atoms. The number of methoxy groups -OCH3 is 2. The number of hydrogen-bond acceptors (Lipinski definition) is 5. The van der Waals surface area contributed by atoms with E-state index in [1.165, 1.54) is 0 Å². The maximum absolute atomic E-state index is 12.2. The quantitative estimate of drug-likeness (QED) is 0.746. The van der Waals surface area contributed by atoms with Crippen LogP contribution in [0.4, 0.5) is 0 Å². The molecule has 0 aliphatic rings. The molecule has 0 aliphatic heterocycles. The zero-order valence-electron chi connectivity index (χ0n) is 14.0. The number of amides is 1. The van der Waals surface area contributed by atoms with Gasteiger partial charge < -0.3 is 19.3 Å². The van der Waals surface area contributed by atoms with Crippen molar-refractivity contribution in [1.82, 2.24) is 10.5 Å². The lowest BCUT2D eigenvalue weighted by molar-refractivity contribution is 0.0946. The summed E-state index contributed by atoms with van der Waals surface area (Å²) in [6.45, 7) is 0.249. The fourth-order valence-electron chi connectivity index (χ4n) is 2.33. The Balaban J connectivity index is 1.63. The van der Waals surface area contributed by atoms with Crippen LogP contribution in [0.3, 0.4) is 0 Å². The van der Waals surface area contributed by atoms with Crippen molar-refractivity contribution in [3.63, 3.8) is 0 Å². The van der Waals surface area contributed by atoms with Gasteiger partial charge in [0.2, 0.25) is 0 Å². The molecule has 1 heterocycles. The van der Waals surface area contributed by atoms with Crippen molar-refractivity contribution >= 4 is 5.91 Å². The fraction of sp³-hybridized carbons (Fsp3) is 0.158. The predicted molar refractivity (Wildman–Crippen MR) is 92.7 cm³/mol. The van der Waals surface area contributed by atoms with Gasteiger partial charge in [0.05, 0.1) is 20.8 Å². The second kappa shape index (κ2) is 7.53. The molecule has 0 saturated carbocycles. The maximum atomic E-state index is 12.2. The summed E-state index contributed by atoms with van der Waals surface area (Å²) >= 11 is 0. The molecule has 0 bridgehead atoms. The highest BCUT2D eigenvalue weighted by Crippen LogP contribution is 2.22. The minimum atomic E-state index is -0.207. The molecule has 2 aromatic carbocycles. The molecule has 3 rings (SSSR count). The van der Waals surface area contributed by atoms with Gasteiger partial charge in [-0.15, -0.1) is 0 Å². The number of carbonyl (C=O) groups is 1. The average molecular weight is 338 g/mol. The SMILES string of the molecule is COc1ccc(-c2cc(CNC(=O)c3cccc(OC)c3)on2)cc1. The molecular weight excluding hydrogens is 320 g/mol. The largest absolute Gasteiger partial charge is 0.497 e. The van der Waals surface area contributed by atoms with Gasteiger partial charge in [-0.1, -0.05) is 11.2 Å². The molecular formula is C19H18N2O4. The van der Waals surface area contributed by atoms with Gasteiger partial charge in [0.15, 0.2) is 5.76 Å². The van der Waals surface area contributed by atoms with Crippen molar-refractivity contribution in [1.29, 1.82) is 0 Å². The van der Waals surface area contributed by atoms with E-state index in [1.807, 2.05) is 24.3 Å². The van der Waals surface area contributed by atoms with E-state index in [0.717, 1.165) is 11.3 Å². The summed E-state index contributed by atoms with van der Waals surface area (Å²) in [6, 6.07) is 16.3. The molecule has 0 atom stereocenters. The van der Waals surface area contributed by atoms with Gasteiger partial charge in [-0.3, -0.25) is 4.79 Å². The number of rotatable bonds is 6. The highest BCUT2D eigenvalue weighted by Gasteiger charge is 2.10. The van der Waals surface area contributed by atoms with Crippen LogP contribution < -0.4 is 14.8 Å². The van der Waals surface area contributed by atoms with Crippen LogP contribution >= 0.6 is 0 Å². The molecule has 0 saturated heterocycles. The van der Waals surface area contributed by atoms with E-state index in [-0.39, 0.29) is 12.5 Å². The van der Waals surface area contributed by atoms with Crippen LogP contribution in [0.5, 0.6) is 11.5 Å². The Morgan fingerprint density at radius 3 is 2.52 bits per heavy atom. The van der Waals surface area contributed by atoms with Gasteiger partial charge in [0.1, 0.15) is 17.2 Å². The van der Waals surface area contributed by atoms with Gasteiger partial charge in [-0.05, 0) is 42.5 Å². The fourth-order valence-corrected chi connectivity index (χ4v) is 2.33. The van der Waals surface area contributed by atoms with Crippen LogP contribution in [0, 0.1) is 0 Å². The first-order valence-corrected chi connectivity index (χ1v) is 7.72. The second-order valence-corrected chi connectivity index (χ2v) is 5.32. The molecule has 1 amide bonds. The van der Waals surface area contributed by atoms with Crippen LogP contribution in [-0.4, -0.2) is 25.3 Å². The van der Waals surface area contributed by atoms with E-state index in [9.17, 15) is 4.79 Å². The third kappa shape index (κ3) is 3.98. The topological polar surface area (TPSA) is 73.6 Å². The molecule has 0 unspecified atom stereocenters. The number of hydrogen-bond donors (Lipinski definition) is 1. The van der Waals surface area contributed by atoms with Crippen LogP contribution in [0.25, 0.3) is 11.3 Å². The molecule has 0 radical (unpaired) electrons. The van der Waals surface area contributed by atoms with E-state index in [0.29, 0.717) is 22.8 Å². The maximum Gasteiger partial charge on any atom is 0.251 e. The lowest BCUT2D eigenvalue weighted by Crippen LogP contribution is -2.22. The summed E-state index contributed by atoms with van der Waals surface area (Å²) in [7, 11) is 3.18. The Hall–Kier alpha value is -3.28. The van der Waals surface area contributed by atoms with Crippen LogP contribution in [-0.2, 0) is 6.54 Å². The van der Waals surface area contributed by atoms with Gasteiger partial charge in [-0.25, -0.2) is 0 Å². The summed E-state index contributed by atoms with van der Waals surface area (Å²) < 4.78 is 15.5. The van der Waals surface area contributed by atoms with Crippen molar-refractivity contribution in [3.05, 3.63) is 65.9 Å². The first kappa shape index (κ1) is 16.6. The monoisotopic (exact) mass is 338 g/mol. The lowest BCUT2D eigenvalue weighted by Gasteiger charge is -2.04.